The molecular formula is C69H102N6O23. The summed E-state index contributed by atoms with van der Waals surface area (Å²) in [4.78, 5) is 127. The monoisotopic (exact) mass is 1380 g/mol. The van der Waals surface area contributed by atoms with Crippen LogP contribution in [0.2, 0.25) is 0 Å². The van der Waals surface area contributed by atoms with E-state index in [0.29, 0.717) is 12.8 Å². The highest BCUT2D eigenvalue weighted by Gasteiger charge is 2.60. The molecule has 3 saturated heterocycles. The number of fused-ring (bicyclic) bond motifs is 1. The first-order valence-corrected chi connectivity index (χ1v) is 33.6. The smallest absolute Gasteiger partial charge is 0.408 e. The highest BCUT2D eigenvalue weighted by molar-refractivity contribution is 5.92. The van der Waals surface area contributed by atoms with E-state index in [1.54, 1.807) is 140 Å². The number of carbonyl (C=O) groups is 9. The van der Waals surface area contributed by atoms with Crippen LogP contribution >= 0.6 is 0 Å². The lowest BCUT2D eigenvalue weighted by molar-refractivity contribution is -0.388. The molecule has 29 heteroatoms. The molecule has 5 aliphatic rings. The van der Waals surface area contributed by atoms with Crippen molar-refractivity contribution in [3.05, 3.63) is 71.8 Å². The first kappa shape index (κ1) is 77.8. The Labute approximate surface area is 573 Å². The van der Waals surface area contributed by atoms with Crippen LogP contribution in [-0.2, 0) is 75.9 Å². The lowest BCUT2D eigenvalue weighted by atomic mass is 9.82. The molecule has 7 rings (SSSR count). The Kier molecular flexibility index (Phi) is 26.2. The molecular weight excluding hydrogens is 1280 g/mol. The third-order valence-electron chi connectivity index (χ3n) is 15.6. The second-order valence-electron chi connectivity index (χ2n) is 30.0. The van der Waals surface area contributed by atoms with Crippen LogP contribution in [0.15, 0.2) is 60.7 Å². The van der Waals surface area contributed by atoms with Gasteiger partial charge in [-0.05, 0) is 160 Å². The topological polar surface area (TPSA) is 355 Å². The van der Waals surface area contributed by atoms with Gasteiger partial charge in [0.1, 0.15) is 58.5 Å². The van der Waals surface area contributed by atoms with E-state index < -0.39 is 180 Å². The average Bonchev–Trinajstić information content (AvgIpc) is 0.751. The molecule has 2 aromatic rings. The van der Waals surface area contributed by atoms with Gasteiger partial charge < -0.3 is 98.2 Å². The third kappa shape index (κ3) is 24.4. The van der Waals surface area contributed by atoms with E-state index >= 15 is 4.79 Å². The zero-order valence-electron chi connectivity index (χ0n) is 59.2. The maximum atomic E-state index is 15.5. The summed E-state index contributed by atoms with van der Waals surface area (Å²) in [7, 11) is 0. The third-order valence-corrected chi connectivity index (χ3v) is 15.6. The number of ether oxygens (including phenoxy) is 14. The van der Waals surface area contributed by atoms with Gasteiger partial charge in [-0.15, -0.1) is 0 Å². The predicted molar refractivity (Wildman–Crippen MR) is 349 cm³/mol. The number of amides is 6. The molecule has 5 fully saturated rings. The van der Waals surface area contributed by atoms with Crippen LogP contribution in [0.1, 0.15) is 189 Å². The molecule has 29 nitrogen and oxygen atoms in total. The maximum Gasteiger partial charge on any atom is 0.408 e. The van der Waals surface area contributed by atoms with E-state index in [9.17, 15) is 38.4 Å². The van der Waals surface area contributed by atoms with Gasteiger partial charge in [0.15, 0.2) is 36.7 Å². The summed E-state index contributed by atoms with van der Waals surface area (Å²) in [5.74, 6) is -4.94. The number of hydrogen-bond donors (Lipinski definition) is 6. The maximum absolute atomic E-state index is 15.5. The summed E-state index contributed by atoms with van der Waals surface area (Å²) >= 11 is 0. The molecule has 98 heavy (non-hydrogen) atoms. The van der Waals surface area contributed by atoms with Gasteiger partial charge in [0, 0.05) is 39.3 Å². The zero-order chi connectivity index (χ0) is 72.1. The van der Waals surface area contributed by atoms with Crippen molar-refractivity contribution in [3.8, 4) is 0 Å². The van der Waals surface area contributed by atoms with Gasteiger partial charge in [-0.3, -0.25) is 9.59 Å². The summed E-state index contributed by atoms with van der Waals surface area (Å²) in [5, 5.41) is 16.9. The molecule has 6 unspecified atom stereocenters. The van der Waals surface area contributed by atoms with Crippen LogP contribution in [0.25, 0.3) is 0 Å². The van der Waals surface area contributed by atoms with Crippen molar-refractivity contribution in [1.82, 2.24) is 31.9 Å². The SMILES string of the molecule is CC(=O)OC1C(O[C@@H]2OC(CNC(=O)OC(C)(C)C)CCC2NC(=O)OC(C)(C)C)[C@@H](NC(=O)OC(C)(C)C)C[C@@H](NC(=O)[C@H](CCNC(=O)OC(C)(C)C)OC(=O)c2ccccc2)[C@H]1O[C@@H]1OC2COC3(CCCCC3)O[C@@H]2[C@H](NC(=O)OC(C)(C)C)C1OC(=O)c1ccccc1. The highest BCUT2D eigenvalue weighted by atomic mass is 16.8. The number of benzene rings is 2. The molecule has 2 aromatic carbocycles. The van der Waals surface area contributed by atoms with Gasteiger partial charge in [-0.25, -0.2) is 33.6 Å². The van der Waals surface area contributed by atoms with Crippen molar-refractivity contribution >= 4 is 54.3 Å². The van der Waals surface area contributed by atoms with Crippen molar-refractivity contribution in [2.75, 3.05) is 19.7 Å². The number of esters is 3. The standard InChI is InChI=1S/C69H102N6O23/c1-39(76)86-53-49(92-58-52(90-56(79)41-28-22-18-23-29-41)48(75-63(84)98-68(14,15)16)51-47(89-58)38-85-69(93-51)33-24-19-25-34-69)44(72-54(77)46(32-35-70-59(80)94-64(2,3)4)88-55(78)40-26-20-17-21-27-40)36-45(74-62(83)97-67(11,12)13)50(53)91-57-43(73-61(82)96-66(8,9)10)31-30-42(87-57)37-71-60(81)95-65(5,6)7/h17-18,20-23,26-29,42-53,57-58H,19,24-25,30-38H2,1-16H3,(H,70,80)(H,71,81)(H,72,77)(H,73,82)(H,74,83)(H,75,84)/t42?,43?,44-,45+,46+,47?,48+,49-,50?,51+,52?,53?,57+,58+/m1/s1. The van der Waals surface area contributed by atoms with Crippen LogP contribution in [0.5, 0.6) is 0 Å². The Hall–Kier alpha value is -7.57. The van der Waals surface area contributed by atoms with Gasteiger partial charge in [-0.1, -0.05) is 42.8 Å². The number of rotatable bonds is 19. The minimum atomic E-state index is -1.87. The fourth-order valence-electron chi connectivity index (χ4n) is 11.7. The summed E-state index contributed by atoms with van der Waals surface area (Å²) in [6, 6.07) is 10.3. The van der Waals surface area contributed by atoms with Crippen molar-refractivity contribution in [3.63, 3.8) is 0 Å². The normalized spacial score (nSPS) is 26.8. The summed E-state index contributed by atoms with van der Waals surface area (Å²) in [5.41, 5.74) is -4.80. The van der Waals surface area contributed by atoms with Crippen LogP contribution in [0.4, 0.5) is 24.0 Å². The zero-order valence-corrected chi connectivity index (χ0v) is 59.2. The van der Waals surface area contributed by atoms with Crippen LogP contribution in [0, 0.1) is 0 Å². The van der Waals surface area contributed by atoms with Crippen molar-refractivity contribution in [1.29, 1.82) is 0 Å². The molecule has 2 saturated carbocycles. The van der Waals surface area contributed by atoms with Gasteiger partial charge >= 0.3 is 48.4 Å². The fraction of sp³-hybridized carbons (Fsp3) is 0.696. The molecule has 3 heterocycles. The van der Waals surface area contributed by atoms with Gasteiger partial charge in [0.05, 0.1) is 42.0 Å². The quantitative estimate of drug-likeness (QED) is 0.0567. The summed E-state index contributed by atoms with van der Waals surface area (Å²) in [6.07, 6.45) is -16.8. The van der Waals surface area contributed by atoms with Crippen LogP contribution in [0.3, 0.4) is 0 Å². The second-order valence-corrected chi connectivity index (χ2v) is 30.0. The number of hydrogen-bond acceptors (Lipinski definition) is 23. The molecule has 6 amide bonds. The summed E-state index contributed by atoms with van der Waals surface area (Å²) < 4.78 is 88.5. The molecule has 2 aliphatic carbocycles. The lowest BCUT2D eigenvalue weighted by Gasteiger charge is -2.54. The average molecular weight is 1380 g/mol. The van der Waals surface area contributed by atoms with Gasteiger partial charge in [0.25, 0.3) is 5.91 Å². The molecule has 3 aliphatic heterocycles. The highest BCUT2D eigenvalue weighted by Crippen LogP contribution is 2.43. The Bertz CT molecular complexity index is 3040. The van der Waals surface area contributed by atoms with Crippen molar-refractivity contribution in [2.24, 2.45) is 0 Å². The summed E-state index contributed by atoms with van der Waals surface area (Å²) in [6.45, 7) is 25.4. The lowest BCUT2D eigenvalue weighted by Crippen LogP contribution is -2.73. The second kappa shape index (κ2) is 33.1. The molecule has 6 N–H and O–H groups in total. The minimum Gasteiger partial charge on any atom is -0.457 e. The molecule has 0 radical (unpaired) electrons. The molecule has 1 spiro atoms. The van der Waals surface area contributed by atoms with E-state index in [4.69, 9.17) is 66.3 Å². The number of carbonyl (C=O) groups excluding carboxylic acids is 9. The molecule has 0 aromatic heterocycles. The largest absolute Gasteiger partial charge is 0.457 e. The Morgan fingerprint density at radius 2 is 1.01 bits per heavy atom. The number of alkyl carbamates (subject to hydrolysis) is 5. The van der Waals surface area contributed by atoms with Crippen LogP contribution in [-0.4, -0.2) is 193 Å². The Balaban J connectivity index is 1.41. The molecule has 546 valence electrons. The molecule has 14 atom stereocenters. The number of nitrogens with one attached hydrogen (secondary N) is 6. The van der Waals surface area contributed by atoms with E-state index in [-0.39, 0.29) is 50.1 Å². The van der Waals surface area contributed by atoms with E-state index in [1.807, 2.05) is 0 Å². The van der Waals surface area contributed by atoms with Crippen molar-refractivity contribution < 1.29 is 109 Å². The first-order valence-electron chi connectivity index (χ1n) is 33.6. The fourth-order valence-corrected chi connectivity index (χ4v) is 11.7. The van der Waals surface area contributed by atoms with E-state index in [2.05, 4.69) is 31.9 Å². The van der Waals surface area contributed by atoms with Gasteiger partial charge in [-0.2, -0.15) is 0 Å². The van der Waals surface area contributed by atoms with Crippen LogP contribution < -0.4 is 31.9 Å². The van der Waals surface area contributed by atoms with E-state index in [1.165, 1.54) is 24.3 Å². The molecule has 0 bridgehead atoms. The van der Waals surface area contributed by atoms with Gasteiger partial charge in [0.2, 0.25) is 0 Å². The Morgan fingerprint density at radius 3 is 1.55 bits per heavy atom. The van der Waals surface area contributed by atoms with Crippen molar-refractivity contribution in [2.45, 2.75) is 288 Å². The predicted octanol–water partition coefficient (Wildman–Crippen LogP) is 8.45. The Morgan fingerprint density at radius 1 is 0.520 bits per heavy atom. The minimum absolute atomic E-state index is 0.0662. The van der Waals surface area contributed by atoms with E-state index in [0.717, 1.165) is 26.2 Å². The first-order chi connectivity index (χ1) is 45.7.